The summed E-state index contributed by atoms with van der Waals surface area (Å²) < 4.78 is 0.974. The van der Waals surface area contributed by atoms with Crippen LogP contribution in [-0.2, 0) is 6.42 Å². The summed E-state index contributed by atoms with van der Waals surface area (Å²) in [5, 5.41) is 13.2. The zero-order valence-corrected chi connectivity index (χ0v) is 14.9. The van der Waals surface area contributed by atoms with E-state index in [0.717, 1.165) is 21.1 Å². The SMILES string of the molecule is CCc1cccc(C(=O)N[C@H](C)[C@@H](O)c2ccccc2)c1I. The number of benzene rings is 2. The van der Waals surface area contributed by atoms with Crippen LogP contribution < -0.4 is 5.32 Å². The highest BCUT2D eigenvalue weighted by atomic mass is 127. The van der Waals surface area contributed by atoms with E-state index in [4.69, 9.17) is 0 Å². The minimum absolute atomic E-state index is 0.151. The van der Waals surface area contributed by atoms with Gasteiger partial charge in [0.15, 0.2) is 0 Å². The van der Waals surface area contributed by atoms with Crippen LogP contribution in [0.15, 0.2) is 48.5 Å². The zero-order valence-electron chi connectivity index (χ0n) is 12.7. The van der Waals surface area contributed by atoms with E-state index in [1.54, 1.807) is 0 Å². The fraction of sp³-hybridized carbons (Fsp3) is 0.278. The Hall–Kier alpha value is -1.40. The number of rotatable bonds is 5. The largest absolute Gasteiger partial charge is 0.386 e. The summed E-state index contributed by atoms with van der Waals surface area (Å²) in [7, 11) is 0. The van der Waals surface area contributed by atoms with Gasteiger partial charge in [0, 0.05) is 3.57 Å². The van der Waals surface area contributed by atoms with Crippen LogP contribution in [0.1, 0.15) is 41.4 Å². The number of nitrogens with one attached hydrogen (secondary N) is 1. The molecule has 2 aromatic rings. The first-order valence-electron chi connectivity index (χ1n) is 7.35. The van der Waals surface area contributed by atoms with Gasteiger partial charge >= 0.3 is 0 Å². The van der Waals surface area contributed by atoms with E-state index in [1.165, 1.54) is 0 Å². The number of carbonyl (C=O) groups excluding carboxylic acids is 1. The monoisotopic (exact) mass is 409 g/mol. The van der Waals surface area contributed by atoms with Gasteiger partial charge in [0.25, 0.3) is 5.91 Å². The van der Waals surface area contributed by atoms with Crippen molar-refractivity contribution in [2.45, 2.75) is 32.4 Å². The van der Waals surface area contributed by atoms with Crippen LogP contribution in [-0.4, -0.2) is 17.1 Å². The summed E-state index contributed by atoms with van der Waals surface area (Å²) >= 11 is 2.21. The molecule has 0 aromatic heterocycles. The van der Waals surface area contributed by atoms with E-state index < -0.39 is 6.10 Å². The van der Waals surface area contributed by atoms with Crippen LogP contribution in [0, 0.1) is 3.57 Å². The molecule has 2 aromatic carbocycles. The smallest absolute Gasteiger partial charge is 0.252 e. The Morgan fingerprint density at radius 2 is 1.86 bits per heavy atom. The Morgan fingerprint density at radius 1 is 1.18 bits per heavy atom. The molecular formula is C18H20INO2. The summed E-state index contributed by atoms with van der Waals surface area (Å²) in [5.41, 5.74) is 2.61. The van der Waals surface area contributed by atoms with Crippen molar-refractivity contribution >= 4 is 28.5 Å². The summed E-state index contributed by atoms with van der Waals surface area (Å²) in [6, 6.07) is 14.7. The molecule has 0 aliphatic rings. The second kappa shape index (κ2) is 7.74. The first-order valence-corrected chi connectivity index (χ1v) is 8.43. The van der Waals surface area contributed by atoms with E-state index >= 15 is 0 Å². The predicted octanol–water partition coefficient (Wildman–Crippen LogP) is 3.71. The Bertz CT molecular complexity index is 643. The van der Waals surface area contributed by atoms with Crippen molar-refractivity contribution < 1.29 is 9.90 Å². The number of halogens is 1. The van der Waals surface area contributed by atoms with Crippen molar-refractivity contribution in [3.05, 3.63) is 68.8 Å². The molecule has 1 amide bonds. The summed E-state index contributed by atoms with van der Waals surface area (Å²) in [6.45, 7) is 3.88. The lowest BCUT2D eigenvalue weighted by atomic mass is 10.0. The van der Waals surface area contributed by atoms with Crippen LogP contribution in [0.5, 0.6) is 0 Å². The molecule has 2 atom stereocenters. The van der Waals surface area contributed by atoms with Crippen molar-refractivity contribution in [1.82, 2.24) is 5.32 Å². The van der Waals surface area contributed by atoms with Crippen molar-refractivity contribution in [1.29, 1.82) is 0 Å². The van der Waals surface area contributed by atoms with Crippen molar-refractivity contribution in [3.63, 3.8) is 0 Å². The molecule has 0 saturated heterocycles. The number of carbonyl (C=O) groups is 1. The molecule has 0 fully saturated rings. The number of aliphatic hydroxyl groups is 1. The third-order valence-electron chi connectivity index (χ3n) is 3.68. The van der Waals surface area contributed by atoms with E-state index in [-0.39, 0.29) is 11.9 Å². The number of hydrogen-bond donors (Lipinski definition) is 2. The molecule has 22 heavy (non-hydrogen) atoms. The summed E-state index contributed by atoms with van der Waals surface area (Å²) in [6.07, 6.45) is 0.166. The van der Waals surface area contributed by atoms with Gasteiger partial charge in [-0.15, -0.1) is 0 Å². The molecule has 0 unspecified atom stereocenters. The second-order valence-corrected chi connectivity index (χ2v) is 6.33. The fourth-order valence-electron chi connectivity index (χ4n) is 2.33. The normalized spacial score (nSPS) is 13.5. The molecule has 0 aliphatic carbocycles. The number of aliphatic hydroxyl groups excluding tert-OH is 1. The lowest BCUT2D eigenvalue weighted by Crippen LogP contribution is -2.37. The molecule has 0 aliphatic heterocycles. The van der Waals surface area contributed by atoms with E-state index in [2.05, 4.69) is 34.8 Å². The maximum absolute atomic E-state index is 12.5. The molecule has 0 bridgehead atoms. The van der Waals surface area contributed by atoms with Gasteiger partial charge in [-0.25, -0.2) is 0 Å². The Kier molecular flexibility index (Phi) is 5.97. The topological polar surface area (TPSA) is 49.3 Å². The Labute approximate surface area is 144 Å². The van der Waals surface area contributed by atoms with Gasteiger partial charge in [-0.2, -0.15) is 0 Å². The maximum atomic E-state index is 12.5. The Balaban J connectivity index is 2.12. The van der Waals surface area contributed by atoms with Gasteiger partial charge in [0.2, 0.25) is 0 Å². The van der Waals surface area contributed by atoms with Crippen molar-refractivity contribution in [2.24, 2.45) is 0 Å². The minimum Gasteiger partial charge on any atom is -0.386 e. The van der Waals surface area contributed by atoms with Gasteiger partial charge in [-0.3, -0.25) is 4.79 Å². The third-order valence-corrected chi connectivity index (χ3v) is 4.95. The van der Waals surface area contributed by atoms with Gasteiger partial charge in [0.1, 0.15) is 0 Å². The molecule has 4 heteroatoms. The highest BCUT2D eigenvalue weighted by Crippen LogP contribution is 2.20. The van der Waals surface area contributed by atoms with Crippen LogP contribution in [0.3, 0.4) is 0 Å². The average Bonchev–Trinajstić information content (AvgIpc) is 2.55. The highest BCUT2D eigenvalue weighted by molar-refractivity contribution is 14.1. The summed E-state index contributed by atoms with van der Waals surface area (Å²) in [5.74, 6) is -0.151. The standard InChI is InChI=1S/C18H20INO2/c1-3-13-10-7-11-15(16(13)19)18(22)20-12(2)17(21)14-8-5-4-6-9-14/h4-12,17,21H,3H2,1-2H3,(H,20,22)/t12-,17-/m1/s1. The van der Waals surface area contributed by atoms with E-state index in [0.29, 0.717) is 5.56 Å². The lowest BCUT2D eigenvalue weighted by Gasteiger charge is -2.21. The van der Waals surface area contributed by atoms with Crippen LogP contribution in [0.4, 0.5) is 0 Å². The highest BCUT2D eigenvalue weighted by Gasteiger charge is 2.20. The number of amides is 1. The third kappa shape index (κ3) is 3.87. The van der Waals surface area contributed by atoms with Crippen LogP contribution in [0.2, 0.25) is 0 Å². The maximum Gasteiger partial charge on any atom is 0.252 e. The summed E-state index contributed by atoms with van der Waals surface area (Å²) in [4.78, 5) is 12.5. The van der Waals surface area contributed by atoms with Gasteiger partial charge in [-0.1, -0.05) is 49.4 Å². The fourth-order valence-corrected chi connectivity index (χ4v) is 3.32. The van der Waals surface area contributed by atoms with Crippen molar-refractivity contribution in [2.75, 3.05) is 0 Å². The zero-order chi connectivity index (χ0) is 16.1. The molecule has 116 valence electrons. The molecule has 3 nitrogen and oxygen atoms in total. The lowest BCUT2D eigenvalue weighted by molar-refractivity contribution is 0.0851. The molecule has 2 N–H and O–H groups in total. The first-order chi connectivity index (χ1) is 10.5. The van der Waals surface area contributed by atoms with Gasteiger partial charge in [0.05, 0.1) is 17.7 Å². The Morgan fingerprint density at radius 3 is 2.50 bits per heavy atom. The van der Waals surface area contributed by atoms with Crippen molar-refractivity contribution in [3.8, 4) is 0 Å². The first kappa shape index (κ1) is 17.0. The van der Waals surface area contributed by atoms with Gasteiger partial charge < -0.3 is 10.4 Å². The minimum atomic E-state index is -0.725. The predicted molar refractivity (Wildman–Crippen MR) is 96.9 cm³/mol. The molecule has 2 rings (SSSR count). The molecule has 0 spiro atoms. The second-order valence-electron chi connectivity index (χ2n) is 5.25. The average molecular weight is 409 g/mol. The number of hydrogen-bond acceptors (Lipinski definition) is 2. The van der Waals surface area contributed by atoms with Crippen LogP contribution in [0.25, 0.3) is 0 Å². The van der Waals surface area contributed by atoms with E-state index in [9.17, 15) is 9.90 Å². The molecule has 0 heterocycles. The molecule has 0 saturated carbocycles. The van der Waals surface area contributed by atoms with Crippen LogP contribution >= 0.6 is 22.6 Å². The molecular weight excluding hydrogens is 389 g/mol. The molecule has 0 radical (unpaired) electrons. The van der Waals surface area contributed by atoms with Gasteiger partial charge in [-0.05, 0) is 53.1 Å². The van der Waals surface area contributed by atoms with E-state index in [1.807, 2.05) is 55.5 Å². The quantitative estimate of drug-likeness (QED) is 0.740. The number of aryl methyl sites for hydroxylation is 1.